The lowest BCUT2D eigenvalue weighted by Crippen LogP contribution is -2.17. The topological polar surface area (TPSA) is 107 Å². The lowest BCUT2D eigenvalue weighted by molar-refractivity contribution is 0.258. The molecule has 0 amide bonds. The van der Waals surface area contributed by atoms with E-state index in [4.69, 9.17) is 13.4 Å². The van der Waals surface area contributed by atoms with Crippen LogP contribution in [0.3, 0.4) is 0 Å². The number of nitrogens with one attached hydrogen (secondary N) is 1. The summed E-state index contributed by atoms with van der Waals surface area (Å²) in [5, 5.41) is 0.887. The molecule has 0 fully saturated rings. The van der Waals surface area contributed by atoms with E-state index >= 15 is 0 Å². The van der Waals surface area contributed by atoms with Crippen LogP contribution in [-0.4, -0.2) is 14.7 Å². The van der Waals surface area contributed by atoms with Crippen LogP contribution >= 0.6 is 0 Å². The van der Waals surface area contributed by atoms with Crippen LogP contribution in [0.5, 0.6) is 0 Å². The van der Waals surface area contributed by atoms with E-state index in [0.717, 1.165) is 49.6 Å². The minimum absolute atomic E-state index is 0.149. The number of rotatable bonds is 5. The maximum Gasteiger partial charge on any atom is 0.440 e. The van der Waals surface area contributed by atoms with E-state index in [1.54, 1.807) is 0 Å². The summed E-state index contributed by atoms with van der Waals surface area (Å²) in [6, 6.07) is 15.5. The van der Waals surface area contributed by atoms with Crippen LogP contribution in [0.2, 0.25) is 0 Å². The van der Waals surface area contributed by atoms with Gasteiger partial charge in [-0.3, -0.25) is 0 Å². The molecule has 5 rings (SSSR count). The van der Waals surface area contributed by atoms with Gasteiger partial charge in [0.2, 0.25) is 5.89 Å². The number of nitrogens with zero attached hydrogens (tertiary/aromatic N) is 2. The third-order valence-electron chi connectivity index (χ3n) is 5.09. The van der Waals surface area contributed by atoms with Crippen LogP contribution in [0.25, 0.3) is 22.4 Å². The SMILES string of the molecule is Cc1cccc(-c2nc(Cc3cc4cc(Cn5oc(=O)[nH]c5=O)ccc4o3)c(C)o2)c1. The fourth-order valence-corrected chi connectivity index (χ4v) is 3.58. The second-order valence-electron chi connectivity index (χ2n) is 7.50. The summed E-state index contributed by atoms with van der Waals surface area (Å²) in [6.45, 7) is 4.07. The average Bonchev–Trinajstić information content (AvgIpc) is 3.39. The van der Waals surface area contributed by atoms with Gasteiger partial charge in [-0.25, -0.2) is 19.6 Å². The first-order valence-corrected chi connectivity index (χ1v) is 9.80. The zero-order valence-electron chi connectivity index (χ0n) is 17.0. The number of aromatic amines is 1. The number of furan rings is 1. The van der Waals surface area contributed by atoms with E-state index in [0.29, 0.717) is 12.3 Å². The van der Waals surface area contributed by atoms with Crippen molar-refractivity contribution in [2.75, 3.05) is 0 Å². The van der Waals surface area contributed by atoms with Crippen LogP contribution < -0.4 is 11.4 Å². The highest BCUT2D eigenvalue weighted by molar-refractivity contribution is 5.78. The van der Waals surface area contributed by atoms with E-state index in [1.807, 2.05) is 62.4 Å². The Kier molecular flexibility index (Phi) is 4.47. The molecule has 0 aliphatic carbocycles. The number of H-pyrrole nitrogens is 1. The van der Waals surface area contributed by atoms with Crippen molar-refractivity contribution < 1.29 is 13.4 Å². The first-order valence-electron chi connectivity index (χ1n) is 9.80. The Morgan fingerprint density at radius 2 is 1.90 bits per heavy atom. The molecular weight excluding hydrogens is 398 g/mol. The molecule has 156 valence electrons. The van der Waals surface area contributed by atoms with Gasteiger partial charge in [-0.15, -0.1) is 4.74 Å². The Morgan fingerprint density at radius 3 is 2.68 bits per heavy atom. The molecule has 0 bridgehead atoms. The highest BCUT2D eigenvalue weighted by Gasteiger charge is 2.15. The molecule has 5 aromatic rings. The third-order valence-corrected chi connectivity index (χ3v) is 5.09. The zero-order valence-corrected chi connectivity index (χ0v) is 17.0. The normalized spacial score (nSPS) is 11.4. The maximum absolute atomic E-state index is 11.6. The van der Waals surface area contributed by atoms with E-state index in [9.17, 15) is 9.59 Å². The quantitative estimate of drug-likeness (QED) is 0.466. The smallest absolute Gasteiger partial charge is 0.440 e. The molecule has 1 N–H and O–H groups in total. The number of benzene rings is 2. The lowest BCUT2D eigenvalue weighted by atomic mass is 10.1. The van der Waals surface area contributed by atoms with Gasteiger partial charge in [0.15, 0.2) is 0 Å². The number of hydrogen-bond donors (Lipinski definition) is 1. The van der Waals surface area contributed by atoms with Crippen LogP contribution in [0.1, 0.15) is 28.3 Å². The molecule has 0 atom stereocenters. The first-order chi connectivity index (χ1) is 14.9. The van der Waals surface area contributed by atoms with Gasteiger partial charge in [0, 0.05) is 10.9 Å². The van der Waals surface area contributed by atoms with Crippen molar-refractivity contribution >= 4 is 11.0 Å². The van der Waals surface area contributed by atoms with Gasteiger partial charge in [-0.2, -0.15) is 0 Å². The summed E-state index contributed by atoms with van der Waals surface area (Å²) in [7, 11) is 0. The summed E-state index contributed by atoms with van der Waals surface area (Å²) in [6.07, 6.45) is 0.497. The Hall–Kier alpha value is -4.07. The predicted octanol–water partition coefficient (Wildman–Crippen LogP) is 3.79. The molecule has 0 spiro atoms. The minimum atomic E-state index is -0.773. The summed E-state index contributed by atoms with van der Waals surface area (Å²) < 4.78 is 17.6. The molecular formula is C23H19N3O5. The van der Waals surface area contributed by atoms with Gasteiger partial charge in [0.25, 0.3) is 0 Å². The van der Waals surface area contributed by atoms with Crippen LogP contribution in [0.4, 0.5) is 0 Å². The zero-order chi connectivity index (χ0) is 21.5. The third kappa shape index (κ3) is 3.75. The summed E-state index contributed by atoms with van der Waals surface area (Å²) in [5.41, 5.74) is 3.85. The fraction of sp³-hybridized carbons (Fsp3) is 0.174. The Morgan fingerprint density at radius 1 is 1.03 bits per heavy atom. The van der Waals surface area contributed by atoms with Gasteiger partial charge in [0.05, 0.1) is 18.7 Å². The van der Waals surface area contributed by atoms with E-state index in [-0.39, 0.29) is 6.54 Å². The van der Waals surface area contributed by atoms with Crippen LogP contribution in [0.15, 0.2) is 71.5 Å². The number of fused-ring (bicyclic) bond motifs is 1. The monoisotopic (exact) mass is 417 g/mol. The molecule has 0 aliphatic heterocycles. The maximum atomic E-state index is 11.6. The van der Waals surface area contributed by atoms with Gasteiger partial charge >= 0.3 is 11.4 Å². The lowest BCUT2D eigenvalue weighted by Gasteiger charge is -1.99. The molecule has 0 unspecified atom stereocenters. The molecule has 0 radical (unpaired) electrons. The van der Waals surface area contributed by atoms with E-state index in [2.05, 4.69) is 9.97 Å². The van der Waals surface area contributed by atoms with Crippen molar-refractivity contribution in [1.82, 2.24) is 14.7 Å². The molecule has 8 heteroatoms. The summed E-state index contributed by atoms with van der Waals surface area (Å²) in [5.74, 6) is 1.32. The van der Waals surface area contributed by atoms with E-state index in [1.165, 1.54) is 0 Å². The fourth-order valence-electron chi connectivity index (χ4n) is 3.58. The van der Waals surface area contributed by atoms with E-state index < -0.39 is 11.4 Å². The van der Waals surface area contributed by atoms with Gasteiger partial charge in [0.1, 0.15) is 17.1 Å². The van der Waals surface area contributed by atoms with Crippen molar-refractivity contribution in [3.8, 4) is 11.5 Å². The van der Waals surface area contributed by atoms with Crippen LogP contribution in [0, 0.1) is 13.8 Å². The first kappa shape index (κ1) is 18.9. The van der Waals surface area contributed by atoms with Crippen LogP contribution in [-0.2, 0) is 13.0 Å². The Balaban J connectivity index is 1.40. The highest BCUT2D eigenvalue weighted by atomic mass is 16.5. The Labute approximate surface area is 175 Å². The second-order valence-corrected chi connectivity index (χ2v) is 7.50. The molecule has 8 nitrogen and oxygen atoms in total. The summed E-state index contributed by atoms with van der Waals surface area (Å²) >= 11 is 0. The van der Waals surface area contributed by atoms with Crippen molar-refractivity contribution in [1.29, 1.82) is 0 Å². The minimum Gasteiger partial charge on any atom is -0.461 e. The number of hydrogen-bond acceptors (Lipinski definition) is 6. The molecule has 2 aromatic carbocycles. The molecule has 0 saturated carbocycles. The average molecular weight is 417 g/mol. The number of oxazole rings is 1. The molecule has 3 aromatic heterocycles. The predicted molar refractivity (Wildman–Crippen MR) is 113 cm³/mol. The van der Waals surface area contributed by atoms with Crippen molar-refractivity contribution in [2.45, 2.75) is 26.8 Å². The van der Waals surface area contributed by atoms with Crippen molar-refractivity contribution in [2.24, 2.45) is 0 Å². The van der Waals surface area contributed by atoms with Crippen molar-refractivity contribution in [3.05, 3.63) is 97.9 Å². The van der Waals surface area contributed by atoms with Gasteiger partial charge in [-0.1, -0.05) is 23.8 Å². The molecule has 31 heavy (non-hydrogen) atoms. The largest absolute Gasteiger partial charge is 0.461 e. The van der Waals surface area contributed by atoms with Gasteiger partial charge < -0.3 is 13.4 Å². The van der Waals surface area contributed by atoms with Gasteiger partial charge in [-0.05, 0) is 49.7 Å². The molecule has 3 heterocycles. The Bertz CT molecular complexity index is 1510. The highest BCUT2D eigenvalue weighted by Crippen LogP contribution is 2.27. The summed E-state index contributed by atoms with van der Waals surface area (Å²) in [4.78, 5) is 29.5. The second kappa shape index (κ2) is 7.32. The van der Waals surface area contributed by atoms with Crippen molar-refractivity contribution in [3.63, 3.8) is 0 Å². The molecule has 0 saturated heterocycles. The number of aromatic nitrogens is 3. The number of aryl methyl sites for hydroxylation is 2. The molecule has 0 aliphatic rings. The standard InChI is InChI=1S/C23H19N3O5/c1-13-4-3-5-16(8-13)21-24-19(14(2)29-21)11-18-10-17-9-15(6-7-20(17)30-18)12-26-22(27)25-23(28)31-26/h3-10H,11-12H2,1-2H3,(H,25,27,28).